The van der Waals surface area contributed by atoms with Gasteiger partial charge in [0.15, 0.2) is 0 Å². The van der Waals surface area contributed by atoms with Gasteiger partial charge in [0.05, 0.1) is 12.1 Å². The van der Waals surface area contributed by atoms with E-state index < -0.39 is 6.09 Å². The molecule has 0 aliphatic carbocycles. The molecule has 7 heteroatoms. The van der Waals surface area contributed by atoms with Crippen molar-refractivity contribution < 1.29 is 19.1 Å². The lowest BCUT2D eigenvalue weighted by atomic mass is 10.1. The number of benzene rings is 3. The monoisotopic (exact) mass is 417 g/mol. The smallest absolute Gasteiger partial charge is 0.407 e. The number of anilines is 1. The second kappa shape index (κ2) is 9.21. The topological polar surface area (TPSA) is 92.5 Å². The average molecular weight is 417 g/mol. The van der Waals surface area contributed by atoms with E-state index in [1.54, 1.807) is 0 Å². The number of rotatable bonds is 7. The first-order valence-electron chi connectivity index (χ1n) is 9.99. The molecule has 4 aromatic rings. The van der Waals surface area contributed by atoms with Crippen LogP contribution in [0.3, 0.4) is 0 Å². The molecule has 0 aliphatic heterocycles. The molecule has 0 bridgehead atoms. The standard InChI is InChI=1S/C24H23N3O4/c1-16(28)26-18-7-10-22-21(13-18)20-9-8-19(14-23(20)27-22)30-12-11-25-24(29)31-15-17-5-3-2-4-6-17/h2-10,13-14,27H,11-12,15H2,1H3,(H,25,29)(H,26,28). The molecule has 7 nitrogen and oxygen atoms in total. The molecule has 0 saturated heterocycles. The van der Waals surface area contributed by atoms with Crippen LogP contribution in [0.1, 0.15) is 12.5 Å². The van der Waals surface area contributed by atoms with Crippen LogP contribution in [0.15, 0.2) is 66.7 Å². The Morgan fingerprint density at radius 3 is 2.58 bits per heavy atom. The number of carbonyl (C=O) groups is 2. The van der Waals surface area contributed by atoms with Crippen LogP contribution in [0.4, 0.5) is 10.5 Å². The Labute approximate surface area is 179 Å². The van der Waals surface area contributed by atoms with Gasteiger partial charge < -0.3 is 25.1 Å². The molecular weight excluding hydrogens is 394 g/mol. The van der Waals surface area contributed by atoms with Gasteiger partial charge >= 0.3 is 6.09 Å². The second-order valence-electron chi connectivity index (χ2n) is 7.11. The number of fused-ring (bicyclic) bond motifs is 3. The van der Waals surface area contributed by atoms with Gasteiger partial charge in [0.1, 0.15) is 19.0 Å². The number of amides is 2. The summed E-state index contributed by atoms with van der Waals surface area (Å²) < 4.78 is 10.9. The van der Waals surface area contributed by atoms with Crippen molar-refractivity contribution in [2.45, 2.75) is 13.5 Å². The normalized spacial score (nSPS) is 10.7. The van der Waals surface area contributed by atoms with Crippen LogP contribution in [0.5, 0.6) is 5.75 Å². The minimum Gasteiger partial charge on any atom is -0.492 e. The number of alkyl carbamates (subject to hydrolysis) is 1. The average Bonchev–Trinajstić information content (AvgIpc) is 3.13. The minimum atomic E-state index is -0.478. The van der Waals surface area contributed by atoms with Crippen LogP contribution < -0.4 is 15.4 Å². The van der Waals surface area contributed by atoms with Gasteiger partial charge in [0.2, 0.25) is 5.91 Å². The molecule has 0 radical (unpaired) electrons. The number of aromatic nitrogens is 1. The predicted molar refractivity (Wildman–Crippen MR) is 120 cm³/mol. The molecule has 0 aliphatic rings. The lowest BCUT2D eigenvalue weighted by Crippen LogP contribution is -2.28. The first-order valence-corrected chi connectivity index (χ1v) is 9.99. The van der Waals surface area contributed by atoms with E-state index in [9.17, 15) is 9.59 Å². The quantitative estimate of drug-likeness (QED) is 0.384. The fraction of sp³-hybridized carbons (Fsp3) is 0.167. The number of carbonyl (C=O) groups excluding carboxylic acids is 2. The van der Waals surface area contributed by atoms with E-state index in [2.05, 4.69) is 15.6 Å². The highest BCUT2D eigenvalue weighted by atomic mass is 16.5. The molecule has 0 saturated carbocycles. The van der Waals surface area contributed by atoms with Crippen molar-refractivity contribution in [3.63, 3.8) is 0 Å². The van der Waals surface area contributed by atoms with Crippen molar-refractivity contribution >= 4 is 39.5 Å². The van der Waals surface area contributed by atoms with E-state index in [0.29, 0.717) is 18.9 Å². The maximum Gasteiger partial charge on any atom is 0.407 e. The first kappa shape index (κ1) is 20.3. The van der Waals surface area contributed by atoms with Gasteiger partial charge in [0.25, 0.3) is 0 Å². The van der Waals surface area contributed by atoms with Gasteiger partial charge in [0, 0.05) is 35.0 Å². The number of hydrogen-bond donors (Lipinski definition) is 3. The Hall–Kier alpha value is -4.00. The Balaban J connectivity index is 1.31. The Morgan fingerprint density at radius 2 is 1.77 bits per heavy atom. The fourth-order valence-corrected chi connectivity index (χ4v) is 3.35. The largest absolute Gasteiger partial charge is 0.492 e. The number of aromatic amines is 1. The summed E-state index contributed by atoms with van der Waals surface area (Å²) in [5, 5.41) is 7.54. The summed E-state index contributed by atoms with van der Waals surface area (Å²) in [6.07, 6.45) is -0.478. The fourth-order valence-electron chi connectivity index (χ4n) is 3.35. The van der Waals surface area contributed by atoms with Crippen molar-refractivity contribution in [1.29, 1.82) is 0 Å². The van der Waals surface area contributed by atoms with Crippen molar-refractivity contribution in [3.05, 3.63) is 72.3 Å². The highest BCUT2D eigenvalue weighted by Gasteiger charge is 2.08. The zero-order valence-corrected chi connectivity index (χ0v) is 17.1. The third kappa shape index (κ3) is 5.14. The van der Waals surface area contributed by atoms with Gasteiger partial charge in [-0.05, 0) is 35.9 Å². The van der Waals surface area contributed by atoms with E-state index >= 15 is 0 Å². The Morgan fingerprint density at radius 1 is 0.935 bits per heavy atom. The summed E-state index contributed by atoms with van der Waals surface area (Å²) in [7, 11) is 0. The molecule has 4 rings (SSSR count). The molecule has 0 spiro atoms. The second-order valence-corrected chi connectivity index (χ2v) is 7.11. The van der Waals surface area contributed by atoms with Crippen LogP contribution in [-0.4, -0.2) is 30.1 Å². The van der Waals surface area contributed by atoms with E-state index in [-0.39, 0.29) is 12.5 Å². The molecule has 3 aromatic carbocycles. The number of ether oxygens (including phenoxy) is 2. The maximum absolute atomic E-state index is 11.8. The van der Waals surface area contributed by atoms with Crippen LogP contribution in [0.25, 0.3) is 21.8 Å². The van der Waals surface area contributed by atoms with Gasteiger partial charge in [-0.15, -0.1) is 0 Å². The lowest BCUT2D eigenvalue weighted by Gasteiger charge is -2.09. The zero-order valence-electron chi connectivity index (χ0n) is 17.1. The van der Waals surface area contributed by atoms with E-state index in [4.69, 9.17) is 9.47 Å². The van der Waals surface area contributed by atoms with E-state index in [1.807, 2.05) is 66.7 Å². The van der Waals surface area contributed by atoms with Crippen molar-refractivity contribution in [3.8, 4) is 5.75 Å². The molecule has 0 unspecified atom stereocenters. The van der Waals surface area contributed by atoms with Gasteiger partial charge in [-0.1, -0.05) is 30.3 Å². The van der Waals surface area contributed by atoms with E-state index in [0.717, 1.165) is 33.1 Å². The lowest BCUT2D eigenvalue weighted by molar-refractivity contribution is -0.114. The van der Waals surface area contributed by atoms with E-state index in [1.165, 1.54) is 6.92 Å². The maximum atomic E-state index is 11.8. The van der Waals surface area contributed by atoms with Crippen LogP contribution in [0.2, 0.25) is 0 Å². The van der Waals surface area contributed by atoms with Crippen LogP contribution in [-0.2, 0) is 16.1 Å². The number of nitrogens with one attached hydrogen (secondary N) is 3. The zero-order chi connectivity index (χ0) is 21.6. The summed E-state index contributed by atoms with van der Waals surface area (Å²) >= 11 is 0. The van der Waals surface area contributed by atoms with Crippen LogP contribution >= 0.6 is 0 Å². The number of hydrogen-bond acceptors (Lipinski definition) is 4. The molecule has 158 valence electrons. The summed E-state index contributed by atoms with van der Waals surface area (Å²) in [6, 6.07) is 21.0. The third-order valence-corrected chi connectivity index (χ3v) is 4.74. The Bertz CT molecular complexity index is 1220. The SMILES string of the molecule is CC(=O)Nc1ccc2[nH]c3cc(OCCNC(=O)OCc4ccccc4)ccc3c2c1. The van der Waals surface area contributed by atoms with Crippen molar-refractivity contribution in [2.75, 3.05) is 18.5 Å². The molecule has 1 aromatic heterocycles. The molecular formula is C24H23N3O4. The van der Waals surface area contributed by atoms with Gasteiger partial charge in [-0.3, -0.25) is 4.79 Å². The summed E-state index contributed by atoms with van der Waals surface area (Å²) in [6.45, 7) is 2.37. The third-order valence-electron chi connectivity index (χ3n) is 4.74. The molecule has 0 atom stereocenters. The highest BCUT2D eigenvalue weighted by Crippen LogP contribution is 2.30. The molecule has 2 amide bonds. The highest BCUT2D eigenvalue weighted by molar-refractivity contribution is 6.09. The summed E-state index contributed by atoms with van der Waals surface area (Å²) in [4.78, 5) is 26.4. The minimum absolute atomic E-state index is 0.104. The molecule has 31 heavy (non-hydrogen) atoms. The van der Waals surface area contributed by atoms with Gasteiger partial charge in [-0.2, -0.15) is 0 Å². The molecule has 3 N–H and O–H groups in total. The number of H-pyrrole nitrogens is 1. The first-order chi connectivity index (χ1) is 15.1. The molecule has 0 fully saturated rings. The van der Waals surface area contributed by atoms with Crippen molar-refractivity contribution in [1.82, 2.24) is 10.3 Å². The Kier molecular flexibility index (Phi) is 6.03. The summed E-state index contributed by atoms with van der Waals surface area (Å²) in [5.74, 6) is 0.591. The molecule has 1 heterocycles. The van der Waals surface area contributed by atoms with Gasteiger partial charge in [-0.25, -0.2) is 4.79 Å². The van der Waals surface area contributed by atoms with Crippen LogP contribution in [0, 0.1) is 0 Å². The van der Waals surface area contributed by atoms with Crippen molar-refractivity contribution in [2.24, 2.45) is 0 Å². The predicted octanol–water partition coefficient (Wildman–Crippen LogP) is 4.58. The summed E-state index contributed by atoms with van der Waals surface area (Å²) in [5.41, 5.74) is 3.60.